The van der Waals surface area contributed by atoms with Gasteiger partial charge < -0.3 is 10.4 Å². The Morgan fingerprint density at radius 3 is 2.87 bits per heavy atom. The molecular weight excluding hydrogens is 305 g/mol. The van der Waals surface area contributed by atoms with E-state index in [1.54, 1.807) is 19.1 Å². The van der Waals surface area contributed by atoms with E-state index in [1.807, 2.05) is 0 Å². The van der Waals surface area contributed by atoms with Gasteiger partial charge in [-0.2, -0.15) is 0 Å². The van der Waals surface area contributed by atoms with Gasteiger partial charge in [-0.1, -0.05) is 28.7 Å². The summed E-state index contributed by atoms with van der Waals surface area (Å²) in [6, 6.07) is 4.95. The van der Waals surface area contributed by atoms with Crippen LogP contribution in [0.2, 0.25) is 0 Å². The molecule has 0 bridgehead atoms. The van der Waals surface area contributed by atoms with Crippen LogP contribution >= 0.6 is 22.6 Å². The summed E-state index contributed by atoms with van der Waals surface area (Å²) < 4.78 is 1.02. The Balaban J connectivity index is 2.62. The van der Waals surface area contributed by atoms with Crippen LogP contribution in [0.15, 0.2) is 18.2 Å². The van der Waals surface area contributed by atoms with E-state index in [1.165, 1.54) is 6.07 Å². The predicted molar refractivity (Wildman–Crippen MR) is 68.7 cm³/mol. The molecule has 1 amide bonds. The van der Waals surface area contributed by atoms with Crippen molar-refractivity contribution >= 4 is 28.5 Å². The van der Waals surface area contributed by atoms with Gasteiger partial charge in [0.1, 0.15) is 5.75 Å². The van der Waals surface area contributed by atoms with Gasteiger partial charge in [0, 0.05) is 16.5 Å². The summed E-state index contributed by atoms with van der Waals surface area (Å²) in [5.41, 5.74) is 1.28. The maximum Gasteiger partial charge on any atom is 0.251 e. The van der Waals surface area contributed by atoms with Gasteiger partial charge in [-0.05, 0) is 31.0 Å². The summed E-state index contributed by atoms with van der Waals surface area (Å²) in [6.07, 6.45) is 0.962. The fourth-order valence-corrected chi connectivity index (χ4v) is 1.50. The van der Waals surface area contributed by atoms with E-state index in [4.69, 9.17) is 0 Å². The number of hydrogen-bond acceptors (Lipinski definition) is 2. The van der Waals surface area contributed by atoms with E-state index in [-0.39, 0.29) is 11.7 Å². The molecular formula is C11H14INO2. The molecule has 0 atom stereocenters. The van der Waals surface area contributed by atoms with Crippen LogP contribution in [0.3, 0.4) is 0 Å². The highest BCUT2D eigenvalue weighted by Gasteiger charge is 2.06. The van der Waals surface area contributed by atoms with Gasteiger partial charge in [0.05, 0.1) is 0 Å². The molecule has 1 aromatic carbocycles. The Morgan fingerprint density at radius 2 is 2.27 bits per heavy atom. The van der Waals surface area contributed by atoms with E-state index in [9.17, 15) is 9.90 Å². The van der Waals surface area contributed by atoms with Gasteiger partial charge in [0.2, 0.25) is 0 Å². The molecule has 0 aromatic heterocycles. The van der Waals surface area contributed by atoms with Gasteiger partial charge in [-0.3, -0.25) is 4.79 Å². The Hall–Kier alpha value is -0.780. The van der Waals surface area contributed by atoms with Crippen LogP contribution in [0, 0.1) is 6.92 Å². The predicted octanol–water partition coefficient (Wildman–Crippen LogP) is 2.26. The number of phenols is 1. The summed E-state index contributed by atoms with van der Waals surface area (Å²) in [7, 11) is 0. The number of aryl methyl sites for hydroxylation is 1. The van der Waals surface area contributed by atoms with Crippen LogP contribution in [-0.2, 0) is 0 Å². The first-order chi connectivity index (χ1) is 7.15. The summed E-state index contributed by atoms with van der Waals surface area (Å²) in [5.74, 6) is 0.0340. The van der Waals surface area contributed by atoms with Crippen molar-refractivity contribution in [3.8, 4) is 5.75 Å². The molecule has 2 N–H and O–H groups in total. The van der Waals surface area contributed by atoms with E-state index in [0.717, 1.165) is 16.4 Å². The van der Waals surface area contributed by atoms with Crippen molar-refractivity contribution in [3.63, 3.8) is 0 Å². The molecule has 0 fully saturated rings. The van der Waals surface area contributed by atoms with Crippen LogP contribution in [0.1, 0.15) is 22.3 Å². The van der Waals surface area contributed by atoms with Crippen LogP contribution < -0.4 is 5.32 Å². The summed E-state index contributed by atoms with van der Waals surface area (Å²) in [4.78, 5) is 11.6. The largest absolute Gasteiger partial charge is 0.508 e. The third-order valence-corrected chi connectivity index (χ3v) is 2.83. The topological polar surface area (TPSA) is 49.3 Å². The number of hydrogen-bond donors (Lipinski definition) is 2. The van der Waals surface area contributed by atoms with Crippen molar-refractivity contribution in [2.45, 2.75) is 13.3 Å². The zero-order chi connectivity index (χ0) is 11.3. The minimum atomic E-state index is -0.129. The number of halogens is 1. The second-order valence-electron chi connectivity index (χ2n) is 3.30. The number of carbonyl (C=O) groups excluding carboxylic acids is 1. The first-order valence-electron chi connectivity index (χ1n) is 4.79. The van der Waals surface area contributed by atoms with Gasteiger partial charge in [0.25, 0.3) is 5.91 Å². The monoisotopic (exact) mass is 319 g/mol. The first kappa shape index (κ1) is 12.3. The van der Waals surface area contributed by atoms with Crippen LogP contribution in [0.25, 0.3) is 0 Å². The molecule has 0 radical (unpaired) electrons. The number of nitrogens with one attached hydrogen (secondary N) is 1. The number of carbonyl (C=O) groups is 1. The molecule has 0 saturated carbocycles. The second-order valence-corrected chi connectivity index (χ2v) is 4.38. The quantitative estimate of drug-likeness (QED) is 0.508. The minimum absolute atomic E-state index is 0.129. The van der Waals surface area contributed by atoms with Crippen LogP contribution in [-0.4, -0.2) is 22.0 Å². The second kappa shape index (κ2) is 5.95. The van der Waals surface area contributed by atoms with Crippen molar-refractivity contribution in [3.05, 3.63) is 29.3 Å². The smallest absolute Gasteiger partial charge is 0.251 e. The number of rotatable bonds is 4. The van der Waals surface area contributed by atoms with Crippen molar-refractivity contribution in [1.82, 2.24) is 5.32 Å². The summed E-state index contributed by atoms with van der Waals surface area (Å²) in [6.45, 7) is 2.48. The summed E-state index contributed by atoms with van der Waals surface area (Å²) in [5, 5.41) is 12.2. The standard InChI is InChI=1S/C11H14INO2/c1-8-3-4-9(7-10(8)14)11(15)13-6-2-5-12/h3-4,7,14H,2,5-6H2,1H3,(H,13,15). The molecule has 1 aromatic rings. The maximum atomic E-state index is 11.6. The molecule has 0 spiro atoms. The molecule has 1 rings (SSSR count). The van der Waals surface area contributed by atoms with Crippen LogP contribution in [0.4, 0.5) is 0 Å². The molecule has 0 saturated heterocycles. The molecule has 0 aliphatic rings. The van der Waals surface area contributed by atoms with Crippen molar-refractivity contribution < 1.29 is 9.90 Å². The van der Waals surface area contributed by atoms with Gasteiger partial charge in [-0.15, -0.1) is 0 Å². The number of aromatic hydroxyl groups is 1. The number of benzene rings is 1. The van der Waals surface area contributed by atoms with E-state index < -0.39 is 0 Å². The fraction of sp³-hybridized carbons (Fsp3) is 0.364. The van der Waals surface area contributed by atoms with Crippen molar-refractivity contribution in [2.24, 2.45) is 0 Å². The average molecular weight is 319 g/mol. The minimum Gasteiger partial charge on any atom is -0.508 e. The Labute approximate surface area is 103 Å². The normalized spacial score (nSPS) is 10.0. The number of amides is 1. The highest BCUT2D eigenvalue weighted by atomic mass is 127. The van der Waals surface area contributed by atoms with Crippen LogP contribution in [0.5, 0.6) is 5.75 Å². The summed E-state index contributed by atoms with van der Waals surface area (Å²) >= 11 is 2.27. The van der Waals surface area contributed by atoms with E-state index in [2.05, 4.69) is 27.9 Å². The molecule has 3 nitrogen and oxygen atoms in total. The van der Waals surface area contributed by atoms with E-state index in [0.29, 0.717) is 12.1 Å². The van der Waals surface area contributed by atoms with Gasteiger partial charge in [0.15, 0.2) is 0 Å². The highest BCUT2D eigenvalue weighted by Crippen LogP contribution is 2.17. The molecule has 4 heteroatoms. The molecule has 0 heterocycles. The third kappa shape index (κ3) is 3.70. The maximum absolute atomic E-state index is 11.6. The fourth-order valence-electron chi connectivity index (χ4n) is 1.12. The first-order valence-corrected chi connectivity index (χ1v) is 6.31. The van der Waals surface area contributed by atoms with Crippen molar-refractivity contribution in [2.75, 3.05) is 11.0 Å². The Kier molecular flexibility index (Phi) is 4.87. The zero-order valence-corrected chi connectivity index (χ0v) is 10.7. The molecule has 0 unspecified atom stereocenters. The lowest BCUT2D eigenvalue weighted by molar-refractivity contribution is 0.0953. The highest BCUT2D eigenvalue weighted by molar-refractivity contribution is 14.1. The molecule has 0 aliphatic heterocycles. The van der Waals surface area contributed by atoms with Gasteiger partial charge >= 0.3 is 0 Å². The lowest BCUT2D eigenvalue weighted by Crippen LogP contribution is -2.24. The average Bonchev–Trinajstić information content (AvgIpc) is 2.22. The Bertz CT molecular complexity index is 352. The molecule has 82 valence electrons. The van der Waals surface area contributed by atoms with Crippen molar-refractivity contribution in [1.29, 1.82) is 0 Å². The third-order valence-electron chi connectivity index (χ3n) is 2.07. The lowest BCUT2D eigenvalue weighted by Gasteiger charge is -2.05. The SMILES string of the molecule is Cc1ccc(C(=O)NCCCI)cc1O. The van der Waals surface area contributed by atoms with E-state index >= 15 is 0 Å². The number of phenolic OH excluding ortho intramolecular Hbond substituents is 1. The Morgan fingerprint density at radius 1 is 1.53 bits per heavy atom. The lowest BCUT2D eigenvalue weighted by atomic mass is 10.1. The van der Waals surface area contributed by atoms with Gasteiger partial charge in [-0.25, -0.2) is 0 Å². The zero-order valence-electron chi connectivity index (χ0n) is 8.59. The number of alkyl halides is 1. The molecule has 15 heavy (non-hydrogen) atoms. The molecule has 0 aliphatic carbocycles.